The van der Waals surface area contributed by atoms with Crippen LogP contribution in [0, 0.1) is 0 Å². The number of aromatic nitrogens is 3. The molecule has 1 aromatic heterocycles. The Labute approximate surface area is 67.1 Å². The van der Waals surface area contributed by atoms with E-state index in [0.717, 1.165) is 0 Å². The molecule has 60 valence electrons. The molecule has 0 aliphatic carbocycles. The zero-order valence-electron chi connectivity index (χ0n) is 6.99. The maximum atomic E-state index is 3.87. The van der Waals surface area contributed by atoms with Crippen molar-refractivity contribution in [3.8, 4) is 0 Å². The first-order valence-corrected chi connectivity index (χ1v) is 3.53. The zero-order chi connectivity index (χ0) is 8.69. The standard InChI is InChI=1S/C6H7N3.C2H6/c1-3-6-7-5-8-9(6)4-2;1-2/h3-5H,1-2H2;1-2H3. The molecule has 1 heterocycles. The maximum Gasteiger partial charge on any atom is 0.154 e. The molecule has 0 bridgehead atoms. The van der Waals surface area contributed by atoms with Gasteiger partial charge in [-0.2, -0.15) is 5.10 Å². The van der Waals surface area contributed by atoms with Crippen molar-refractivity contribution in [2.24, 2.45) is 0 Å². The second kappa shape index (κ2) is 5.41. The third-order valence-corrected chi connectivity index (χ3v) is 0.956. The summed E-state index contributed by atoms with van der Waals surface area (Å²) in [6.45, 7) is 11.1. The van der Waals surface area contributed by atoms with Crippen LogP contribution >= 0.6 is 0 Å². The number of rotatable bonds is 2. The van der Waals surface area contributed by atoms with Crippen molar-refractivity contribution in [1.82, 2.24) is 14.8 Å². The van der Waals surface area contributed by atoms with E-state index in [2.05, 4.69) is 23.2 Å². The van der Waals surface area contributed by atoms with Gasteiger partial charge in [0.05, 0.1) is 0 Å². The SMILES string of the molecule is C=Cc1ncnn1C=C.CC. The minimum absolute atomic E-state index is 0.713. The van der Waals surface area contributed by atoms with Gasteiger partial charge in [-0.3, -0.25) is 0 Å². The Hall–Kier alpha value is -1.38. The molecule has 0 aliphatic rings. The summed E-state index contributed by atoms with van der Waals surface area (Å²) in [7, 11) is 0. The first-order valence-electron chi connectivity index (χ1n) is 3.53. The van der Waals surface area contributed by atoms with Gasteiger partial charge in [-0.1, -0.05) is 27.0 Å². The lowest BCUT2D eigenvalue weighted by Crippen LogP contribution is -1.89. The molecule has 0 saturated carbocycles. The van der Waals surface area contributed by atoms with Gasteiger partial charge >= 0.3 is 0 Å². The minimum atomic E-state index is 0.713. The zero-order valence-corrected chi connectivity index (χ0v) is 6.99. The molecule has 0 spiro atoms. The van der Waals surface area contributed by atoms with E-state index in [0.29, 0.717) is 5.82 Å². The van der Waals surface area contributed by atoms with E-state index < -0.39 is 0 Å². The lowest BCUT2D eigenvalue weighted by molar-refractivity contribution is 0.924. The van der Waals surface area contributed by atoms with Gasteiger partial charge in [-0.15, -0.1) is 0 Å². The van der Waals surface area contributed by atoms with E-state index in [4.69, 9.17) is 0 Å². The van der Waals surface area contributed by atoms with E-state index in [-0.39, 0.29) is 0 Å². The van der Waals surface area contributed by atoms with Crippen molar-refractivity contribution < 1.29 is 0 Å². The highest BCUT2D eigenvalue weighted by Crippen LogP contribution is 1.93. The van der Waals surface area contributed by atoms with E-state index in [1.54, 1.807) is 17.0 Å². The summed E-state index contributed by atoms with van der Waals surface area (Å²) in [5.41, 5.74) is 0. The second-order valence-corrected chi connectivity index (χ2v) is 1.45. The van der Waals surface area contributed by atoms with Gasteiger partial charge in [0.1, 0.15) is 6.33 Å². The predicted octanol–water partition coefficient (Wildman–Crippen LogP) is 2.05. The van der Waals surface area contributed by atoms with Crippen LogP contribution in [0.2, 0.25) is 0 Å². The van der Waals surface area contributed by atoms with Gasteiger partial charge < -0.3 is 0 Å². The molecule has 1 rings (SSSR count). The van der Waals surface area contributed by atoms with Crippen molar-refractivity contribution in [2.45, 2.75) is 13.8 Å². The molecule has 0 atom stereocenters. The van der Waals surface area contributed by atoms with E-state index in [1.165, 1.54) is 6.33 Å². The Morgan fingerprint density at radius 3 is 2.45 bits per heavy atom. The highest BCUT2D eigenvalue weighted by Gasteiger charge is 1.91. The monoisotopic (exact) mass is 151 g/mol. The molecular formula is C8H13N3. The Kier molecular flexibility index (Phi) is 4.73. The summed E-state index contributed by atoms with van der Waals surface area (Å²) >= 11 is 0. The van der Waals surface area contributed by atoms with Gasteiger partial charge in [0.2, 0.25) is 0 Å². The molecule has 0 radical (unpaired) electrons. The lowest BCUT2D eigenvalue weighted by Gasteiger charge is -1.88. The Morgan fingerprint density at radius 1 is 1.45 bits per heavy atom. The molecule has 0 aliphatic heterocycles. The van der Waals surface area contributed by atoms with Crippen LogP contribution in [0.4, 0.5) is 0 Å². The Bertz CT molecular complexity index is 202. The molecule has 0 amide bonds. The predicted molar refractivity (Wildman–Crippen MR) is 47.8 cm³/mol. The quantitative estimate of drug-likeness (QED) is 0.647. The maximum absolute atomic E-state index is 3.87. The van der Waals surface area contributed by atoms with Crippen LogP contribution in [0.5, 0.6) is 0 Å². The summed E-state index contributed by atoms with van der Waals surface area (Å²) < 4.78 is 1.55. The highest BCUT2D eigenvalue weighted by atomic mass is 15.3. The van der Waals surface area contributed by atoms with Gasteiger partial charge in [0.15, 0.2) is 5.82 Å². The van der Waals surface area contributed by atoms with Gasteiger partial charge in [0, 0.05) is 6.20 Å². The molecule has 0 N–H and O–H groups in total. The van der Waals surface area contributed by atoms with Crippen LogP contribution in [0.25, 0.3) is 12.3 Å². The molecule has 11 heavy (non-hydrogen) atoms. The van der Waals surface area contributed by atoms with E-state index in [9.17, 15) is 0 Å². The Morgan fingerprint density at radius 2 is 2.09 bits per heavy atom. The Balaban J connectivity index is 0.000000461. The summed E-state index contributed by atoms with van der Waals surface area (Å²) in [5.74, 6) is 0.713. The fourth-order valence-corrected chi connectivity index (χ4v) is 0.546. The second-order valence-electron chi connectivity index (χ2n) is 1.45. The van der Waals surface area contributed by atoms with Crippen LogP contribution in [-0.2, 0) is 0 Å². The average Bonchev–Trinajstić information content (AvgIpc) is 2.54. The van der Waals surface area contributed by atoms with Crippen molar-refractivity contribution in [3.63, 3.8) is 0 Å². The molecule has 0 unspecified atom stereocenters. The molecular weight excluding hydrogens is 138 g/mol. The topological polar surface area (TPSA) is 30.7 Å². The number of nitrogens with zero attached hydrogens (tertiary/aromatic N) is 3. The largest absolute Gasteiger partial charge is 0.222 e. The van der Waals surface area contributed by atoms with Crippen LogP contribution in [0.15, 0.2) is 19.5 Å². The summed E-state index contributed by atoms with van der Waals surface area (Å²) in [4.78, 5) is 3.87. The highest BCUT2D eigenvalue weighted by molar-refractivity contribution is 5.39. The van der Waals surface area contributed by atoms with Gasteiger partial charge in [-0.05, 0) is 6.08 Å². The average molecular weight is 151 g/mol. The van der Waals surface area contributed by atoms with Gasteiger partial charge in [0.25, 0.3) is 0 Å². The lowest BCUT2D eigenvalue weighted by atomic mass is 10.6. The molecule has 3 nitrogen and oxygen atoms in total. The van der Waals surface area contributed by atoms with E-state index >= 15 is 0 Å². The fraction of sp³-hybridized carbons (Fsp3) is 0.250. The number of hydrogen-bond acceptors (Lipinski definition) is 2. The third-order valence-electron chi connectivity index (χ3n) is 0.956. The van der Waals surface area contributed by atoms with Crippen molar-refractivity contribution in [2.75, 3.05) is 0 Å². The van der Waals surface area contributed by atoms with Gasteiger partial charge in [-0.25, -0.2) is 9.67 Å². The minimum Gasteiger partial charge on any atom is -0.222 e. The van der Waals surface area contributed by atoms with E-state index in [1.807, 2.05) is 13.8 Å². The molecule has 1 aromatic rings. The third kappa shape index (κ3) is 2.37. The van der Waals surface area contributed by atoms with Crippen LogP contribution in [-0.4, -0.2) is 14.8 Å². The van der Waals surface area contributed by atoms with Crippen LogP contribution < -0.4 is 0 Å². The summed E-state index contributed by atoms with van der Waals surface area (Å²) in [6.07, 6.45) is 4.65. The fourth-order valence-electron chi connectivity index (χ4n) is 0.546. The first kappa shape index (κ1) is 9.62. The molecule has 0 saturated heterocycles. The van der Waals surface area contributed by atoms with Crippen molar-refractivity contribution in [1.29, 1.82) is 0 Å². The normalized spacial score (nSPS) is 7.82. The summed E-state index contributed by atoms with van der Waals surface area (Å²) in [6, 6.07) is 0. The molecule has 0 fully saturated rings. The smallest absolute Gasteiger partial charge is 0.154 e. The summed E-state index contributed by atoms with van der Waals surface area (Å²) in [5, 5.41) is 3.82. The van der Waals surface area contributed by atoms with Crippen molar-refractivity contribution in [3.05, 3.63) is 25.3 Å². The van der Waals surface area contributed by atoms with Crippen LogP contribution in [0.1, 0.15) is 19.7 Å². The van der Waals surface area contributed by atoms with Crippen LogP contribution in [0.3, 0.4) is 0 Å². The molecule has 0 aromatic carbocycles. The number of hydrogen-bond donors (Lipinski definition) is 0. The van der Waals surface area contributed by atoms with Crippen molar-refractivity contribution >= 4 is 12.3 Å². The first-order chi connectivity index (χ1) is 5.38. The molecule has 3 heteroatoms.